The maximum atomic E-state index is 12.1. The fourth-order valence-electron chi connectivity index (χ4n) is 6.19. The largest absolute Gasteiger partial charge is 0.410 e. The normalized spacial score (nSPS) is 20.5. The number of rotatable bonds is 8. The molecular weight excluding hydrogens is 535 g/mol. The maximum absolute atomic E-state index is 12.1. The van der Waals surface area contributed by atoms with Gasteiger partial charge in [0.15, 0.2) is 8.32 Å². The molecule has 2 aliphatic heterocycles. The Kier molecular flexibility index (Phi) is 9.19. The van der Waals surface area contributed by atoms with Crippen molar-refractivity contribution in [2.75, 3.05) is 39.3 Å². The van der Waals surface area contributed by atoms with Crippen LogP contribution < -0.4 is 5.32 Å². The number of piperidine rings is 1. The predicted molar refractivity (Wildman–Crippen MR) is 175 cm³/mol. The van der Waals surface area contributed by atoms with Gasteiger partial charge in [-0.2, -0.15) is 0 Å². The molecule has 2 heterocycles. The molecule has 1 amide bonds. The minimum absolute atomic E-state index is 0.0702. The Bertz CT molecular complexity index is 1260. The number of nitrogens with zero attached hydrogens (tertiary/aromatic N) is 2. The van der Waals surface area contributed by atoms with E-state index in [4.69, 9.17) is 4.43 Å². The zero-order valence-corrected chi connectivity index (χ0v) is 27.0. The summed E-state index contributed by atoms with van der Waals surface area (Å²) in [6, 6.07) is 32.9. The van der Waals surface area contributed by atoms with Crippen molar-refractivity contribution in [1.82, 2.24) is 15.1 Å². The Labute approximate surface area is 253 Å². The van der Waals surface area contributed by atoms with Gasteiger partial charge in [0.1, 0.15) is 0 Å². The van der Waals surface area contributed by atoms with Gasteiger partial charge in [0.2, 0.25) is 5.91 Å². The van der Waals surface area contributed by atoms with Gasteiger partial charge >= 0.3 is 0 Å². The topological polar surface area (TPSA) is 44.8 Å². The van der Waals surface area contributed by atoms with E-state index in [1.54, 1.807) is 0 Å². The van der Waals surface area contributed by atoms with E-state index in [2.05, 4.69) is 146 Å². The van der Waals surface area contributed by atoms with E-state index in [1.807, 2.05) is 0 Å². The number of likely N-dealkylation sites (tertiary alicyclic amines) is 1. The predicted octanol–water partition coefficient (Wildman–Crippen LogP) is 6.43. The Morgan fingerprint density at radius 1 is 0.833 bits per heavy atom. The monoisotopic (exact) mass is 581 g/mol. The summed E-state index contributed by atoms with van der Waals surface area (Å²) in [6.45, 7) is 16.1. The number of carbonyl (C=O) groups excluding carboxylic acids is 1. The molecule has 5 rings (SSSR count). The van der Waals surface area contributed by atoms with Crippen LogP contribution in [0.5, 0.6) is 0 Å². The molecule has 2 fully saturated rings. The van der Waals surface area contributed by atoms with Crippen molar-refractivity contribution in [3.05, 3.63) is 119 Å². The van der Waals surface area contributed by atoms with Crippen molar-refractivity contribution in [3.63, 3.8) is 0 Å². The lowest BCUT2D eigenvalue weighted by atomic mass is 9.74. The highest BCUT2D eigenvalue weighted by atomic mass is 28.4. The lowest BCUT2D eigenvalue weighted by molar-refractivity contribution is -0.123. The molecule has 0 aromatic heterocycles. The minimum atomic E-state index is -2.01. The molecule has 2 saturated heterocycles. The SMILES string of the molecule is CC(C)(C)[Si](C)(C)OC1CCN(C(c2ccccc2)(c2ccccc2)c2ccccc2)CC1=CCN1CCNC(=O)C1. The standard InChI is InChI=1S/C36H47N3O2Si/c1-35(2,3)42(4,5)41-33-22-25-39(27-29(33)21-24-38-26-23-37-34(40)28-38)36(30-15-9-6-10-16-30,31-17-11-7-12-18-31)32-19-13-8-14-20-32/h6-21,33H,22-28H2,1-5H3,(H,37,40). The third-order valence-electron chi connectivity index (χ3n) is 9.47. The molecule has 0 saturated carbocycles. The Hall–Kier alpha value is -3.03. The number of amides is 1. The van der Waals surface area contributed by atoms with Gasteiger partial charge in [-0.3, -0.25) is 14.6 Å². The molecule has 5 nitrogen and oxygen atoms in total. The summed E-state index contributed by atoms with van der Waals surface area (Å²) in [5, 5.41) is 3.09. The zero-order chi connectivity index (χ0) is 29.8. The second-order valence-corrected chi connectivity index (χ2v) is 18.0. The van der Waals surface area contributed by atoms with Gasteiger partial charge in [-0.25, -0.2) is 0 Å². The highest BCUT2D eigenvalue weighted by Gasteiger charge is 2.46. The second-order valence-electron chi connectivity index (χ2n) is 13.2. The van der Waals surface area contributed by atoms with Crippen molar-refractivity contribution in [1.29, 1.82) is 0 Å². The number of nitrogens with one attached hydrogen (secondary N) is 1. The number of carbonyl (C=O) groups is 1. The number of hydrogen-bond donors (Lipinski definition) is 1. The van der Waals surface area contributed by atoms with E-state index in [9.17, 15) is 4.79 Å². The maximum Gasteiger partial charge on any atom is 0.234 e. The van der Waals surface area contributed by atoms with Crippen molar-refractivity contribution in [3.8, 4) is 0 Å². The van der Waals surface area contributed by atoms with E-state index < -0.39 is 13.9 Å². The van der Waals surface area contributed by atoms with Crippen LogP contribution in [0.2, 0.25) is 18.1 Å². The summed E-state index contributed by atoms with van der Waals surface area (Å²) in [6.07, 6.45) is 3.36. The molecule has 222 valence electrons. The number of benzene rings is 3. The van der Waals surface area contributed by atoms with Gasteiger partial charge in [0.25, 0.3) is 0 Å². The first kappa shape index (κ1) is 30.4. The van der Waals surface area contributed by atoms with Gasteiger partial charge < -0.3 is 9.74 Å². The molecule has 0 spiro atoms. The van der Waals surface area contributed by atoms with E-state index in [0.29, 0.717) is 13.1 Å². The quantitative estimate of drug-likeness (QED) is 0.189. The van der Waals surface area contributed by atoms with Crippen LogP contribution in [0.1, 0.15) is 43.9 Å². The van der Waals surface area contributed by atoms with Crippen LogP contribution in [-0.4, -0.2) is 69.4 Å². The zero-order valence-electron chi connectivity index (χ0n) is 26.0. The Balaban J connectivity index is 1.60. The first-order valence-corrected chi connectivity index (χ1v) is 18.3. The molecule has 1 unspecified atom stereocenters. The van der Waals surface area contributed by atoms with E-state index in [0.717, 1.165) is 32.6 Å². The molecule has 0 aliphatic carbocycles. The fraction of sp³-hybridized carbons (Fsp3) is 0.417. The van der Waals surface area contributed by atoms with E-state index in [1.165, 1.54) is 22.3 Å². The second kappa shape index (κ2) is 12.7. The molecular formula is C36H47N3O2Si. The fourth-order valence-corrected chi connectivity index (χ4v) is 7.52. The Morgan fingerprint density at radius 3 is 1.83 bits per heavy atom. The molecule has 42 heavy (non-hydrogen) atoms. The molecule has 0 radical (unpaired) electrons. The molecule has 2 aliphatic rings. The summed E-state index contributed by atoms with van der Waals surface area (Å²) in [7, 11) is -2.01. The molecule has 6 heteroatoms. The average molecular weight is 582 g/mol. The lowest BCUT2D eigenvalue weighted by Crippen LogP contribution is -2.55. The highest BCUT2D eigenvalue weighted by Crippen LogP contribution is 2.45. The van der Waals surface area contributed by atoms with Gasteiger partial charge in [-0.15, -0.1) is 0 Å². The van der Waals surface area contributed by atoms with Crippen LogP contribution in [0.15, 0.2) is 103 Å². The van der Waals surface area contributed by atoms with Gasteiger partial charge in [-0.1, -0.05) is 118 Å². The van der Waals surface area contributed by atoms with Crippen LogP contribution in [0.4, 0.5) is 0 Å². The number of hydrogen-bond acceptors (Lipinski definition) is 4. The molecule has 3 aromatic rings. The first-order chi connectivity index (χ1) is 20.1. The first-order valence-electron chi connectivity index (χ1n) is 15.4. The molecule has 0 bridgehead atoms. The average Bonchev–Trinajstić information content (AvgIpc) is 2.98. The van der Waals surface area contributed by atoms with E-state index in [-0.39, 0.29) is 17.0 Å². The molecule has 3 aromatic carbocycles. The summed E-state index contributed by atoms with van der Waals surface area (Å²) >= 11 is 0. The van der Waals surface area contributed by atoms with Crippen molar-refractivity contribution in [2.24, 2.45) is 0 Å². The van der Waals surface area contributed by atoms with Crippen LogP contribution in [0.25, 0.3) is 0 Å². The molecule has 1 N–H and O–H groups in total. The van der Waals surface area contributed by atoms with Crippen LogP contribution in [0.3, 0.4) is 0 Å². The number of piperazine rings is 1. The summed E-state index contributed by atoms with van der Waals surface area (Å²) in [5.74, 6) is 0.107. The summed E-state index contributed by atoms with van der Waals surface area (Å²) in [5.41, 5.74) is 4.65. The van der Waals surface area contributed by atoms with Crippen LogP contribution in [0, 0.1) is 0 Å². The Morgan fingerprint density at radius 2 is 1.36 bits per heavy atom. The lowest BCUT2D eigenvalue weighted by Gasteiger charge is -2.50. The highest BCUT2D eigenvalue weighted by molar-refractivity contribution is 6.74. The van der Waals surface area contributed by atoms with Crippen molar-refractivity contribution >= 4 is 14.2 Å². The van der Waals surface area contributed by atoms with Crippen molar-refractivity contribution in [2.45, 2.75) is 57.0 Å². The van der Waals surface area contributed by atoms with Crippen molar-refractivity contribution < 1.29 is 9.22 Å². The van der Waals surface area contributed by atoms with Gasteiger partial charge in [0.05, 0.1) is 18.2 Å². The molecule has 1 atom stereocenters. The van der Waals surface area contributed by atoms with E-state index >= 15 is 0 Å². The smallest absolute Gasteiger partial charge is 0.234 e. The van der Waals surface area contributed by atoms with Gasteiger partial charge in [-0.05, 0) is 46.8 Å². The third kappa shape index (κ3) is 6.32. The van der Waals surface area contributed by atoms with Gasteiger partial charge in [0, 0.05) is 32.7 Å². The summed E-state index contributed by atoms with van der Waals surface area (Å²) < 4.78 is 7.14. The summed E-state index contributed by atoms with van der Waals surface area (Å²) in [4.78, 5) is 17.0. The van der Waals surface area contributed by atoms with Crippen LogP contribution >= 0.6 is 0 Å². The van der Waals surface area contributed by atoms with Crippen LogP contribution in [-0.2, 0) is 14.8 Å². The minimum Gasteiger partial charge on any atom is -0.410 e. The third-order valence-corrected chi connectivity index (χ3v) is 14.0.